The van der Waals surface area contributed by atoms with Crippen LogP contribution in [0.2, 0.25) is 0 Å². The first kappa shape index (κ1) is 16.9. The highest BCUT2D eigenvalue weighted by molar-refractivity contribution is 5.87. The maximum atomic E-state index is 12.6. The van der Waals surface area contributed by atoms with Gasteiger partial charge in [-0.1, -0.05) is 0 Å². The van der Waals surface area contributed by atoms with Crippen LogP contribution in [0, 0.1) is 6.92 Å². The molecule has 1 aromatic rings. The minimum Gasteiger partial charge on any atom is -0.383 e. The number of aliphatic hydroxyl groups excluding tert-OH is 1. The fourth-order valence-corrected chi connectivity index (χ4v) is 3.65. The van der Waals surface area contributed by atoms with E-state index in [4.69, 9.17) is 0 Å². The van der Waals surface area contributed by atoms with E-state index in [1.54, 1.807) is 6.20 Å². The molecule has 0 bridgehead atoms. The van der Waals surface area contributed by atoms with Gasteiger partial charge >= 0.3 is 0 Å². The molecule has 24 heavy (non-hydrogen) atoms. The summed E-state index contributed by atoms with van der Waals surface area (Å²) in [4.78, 5) is 32.2. The molecule has 2 fully saturated rings. The van der Waals surface area contributed by atoms with Gasteiger partial charge in [0.2, 0.25) is 5.91 Å². The molecule has 2 amide bonds. The van der Waals surface area contributed by atoms with Crippen LogP contribution in [0.15, 0.2) is 18.5 Å². The summed E-state index contributed by atoms with van der Waals surface area (Å²) in [7, 11) is 0. The number of pyridine rings is 1. The molecule has 1 aromatic heterocycles. The summed E-state index contributed by atoms with van der Waals surface area (Å²) >= 11 is 0. The Labute approximate surface area is 142 Å². The van der Waals surface area contributed by atoms with Crippen LogP contribution in [-0.4, -0.2) is 64.0 Å². The van der Waals surface area contributed by atoms with E-state index in [0.717, 1.165) is 19.3 Å². The zero-order valence-corrected chi connectivity index (χ0v) is 14.1. The third kappa shape index (κ3) is 3.59. The van der Waals surface area contributed by atoms with Crippen molar-refractivity contribution >= 4 is 11.8 Å². The van der Waals surface area contributed by atoms with Gasteiger partial charge in [-0.05, 0) is 49.8 Å². The lowest BCUT2D eigenvalue weighted by Gasteiger charge is -2.25. The Balaban J connectivity index is 1.60. The van der Waals surface area contributed by atoms with E-state index in [1.165, 1.54) is 16.0 Å². The number of aromatic nitrogens is 1. The average Bonchev–Trinajstić information content (AvgIpc) is 3.01. The maximum Gasteiger partial charge on any atom is 0.251 e. The van der Waals surface area contributed by atoms with Crippen molar-refractivity contribution < 1.29 is 14.7 Å². The van der Waals surface area contributed by atoms with Gasteiger partial charge in [0.15, 0.2) is 0 Å². The van der Waals surface area contributed by atoms with Crippen molar-refractivity contribution in [3.63, 3.8) is 0 Å². The van der Waals surface area contributed by atoms with E-state index >= 15 is 0 Å². The number of amides is 2. The summed E-state index contributed by atoms with van der Waals surface area (Å²) in [5, 5.41) is 9.80. The zero-order chi connectivity index (χ0) is 17.1. The summed E-state index contributed by atoms with van der Waals surface area (Å²) in [6.07, 6.45) is 5.81. The number of likely N-dealkylation sites (tertiary alicyclic amines) is 2. The first-order chi connectivity index (χ1) is 11.6. The molecule has 3 heterocycles. The molecule has 0 radical (unpaired) electrons. The summed E-state index contributed by atoms with van der Waals surface area (Å²) < 4.78 is 0. The van der Waals surface area contributed by atoms with Gasteiger partial charge in [0.25, 0.3) is 5.91 Å². The van der Waals surface area contributed by atoms with Crippen LogP contribution < -0.4 is 0 Å². The predicted octanol–water partition coefficient (Wildman–Crippen LogP) is 1.08. The molecule has 3 rings (SSSR count). The molecule has 0 spiro atoms. The molecule has 0 saturated carbocycles. The van der Waals surface area contributed by atoms with Gasteiger partial charge in [-0.3, -0.25) is 14.6 Å². The lowest BCUT2D eigenvalue weighted by molar-refractivity contribution is -0.144. The van der Waals surface area contributed by atoms with Crippen molar-refractivity contribution in [2.45, 2.75) is 44.6 Å². The molecule has 6 heteroatoms. The maximum absolute atomic E-state index is 12.6. The van der Waals surface area contributed by atoms with Crippen molar-refractivity contribution in [3.8, 4) is 0 Å². The van der Waals surface area contributed by atoms with Crippen LogP contribution in [-0.2, 0) is 9.59 Å². The second-order valence-electron chi connectivity index (χ2n) is 6.83. The highest BCUT2D eigenvalue weighted by Crippen LogP contribution is 2.29. The molecule has 2 atom stereocenters. The predicted molar refractivity (Wildman–Crippen MR) is 89.3 cm³/mol. The lowest BCUT2D eigenvalue weighted by Crippen LogP contribution is -2.45. The Morgan fingerprint density at radius 1 is 1.33 bits per heavy atom. The Kier molecular flexibility index (Phi) is 5.14. The molecule has 0 aromatic carbocycles. The Morgan fingerprint density at radius 2 is 2.17 bits per heavy atom. The number of aryl methyl sites for hydroxylation is 1. The number of carbonyl (C=O) groups is 2. The molecule has 2 aliphatic heterocycles. The second-order valence-corrected chi connectivity index (χ2v) is 6.83. The van der Waals surface area contributed by atoms with E-state index in [1.807, 2.05) is 17.2 Å². The number of hydrogen-bond acceptors (Lipinski definition) is 4. The van der Waals surface area contributed by atoms with Crippen molar-refractivity contribution in [2.24, 2.45) is 0 Å². The van der Waals surface area contributed by atoms with Gasteiger partial charge in [0, 0.05) is 37.9 Å². The molecular weight excluding hydrogens is 306 g/mol. The molecule has 6 nitrogen and oxygen atoms in total. The SMILES string of the molecule is Cc1ccncc1C1CCN(C(=O)CN2CCCCC(O)C2=O)C1. The van der Waals surface area contributed by atoms with Crippen LogP contribution >= 0.6 is 0 Å². The summed E-state index contributed by atoms with van der Waals surface area (Å²) in [6, 6.07) is 2.00. The number of aliphatic hydroxyl groups is 1. The first-order valence-corrected chi connectivity index (χ1v) is 8.71. The van der Waals surface area contributed by atoms with Gasteiger partial charge in [-0.25, -0.2) is 0 Å². The topological polar surface area (TPSA) is 73.7 Å². The summed E-state index contributed by atoms with van der Waals surface area (Å²) in [5.74, 6) is -0.0192. The lowest BCUT2D eigenvalue weighted by atomic mass is 9.96. The summed E-state index contributed by atoms with van der Waals surface area (Å²) in [6.45, 7) is 4.09. The Bertz CT molecular complexity index is 619. The van der Waals surface area contributed by atoms with Gasteiger partial charge in [0.05, 0.1) is 6.54 Å². The van der Waals surface area contributed by atoms with E-state index in [9.17, 15) is 14.7 Å². The van der Waals surface area contributed by atoms with Crippen molar-refractivity contribution in [2.75, 3.05) is 26.2 Å². The second kappa shape index (κ2) is 7.30. The van der Waals surface area contributed by atoms with Crippen molar-refractivity contribution in [3.05, 3.63) is 29.6 Å². The van der Waals surface area contributed by atoms with Crippen LogP contribution in [0.4, 0.5) is 0 Å². The van der Waals surface area contributed by atoms with E-state index in [0.29, 0.717) is 32.0 Å². The standard InChI is InChI=1S/C18H25N3O3/c1-13-5-7-19-10-15(13)14-6-9-20(11-14)17(23)12-21-8-3-2-4-16(22)18(21)24/h5,7,10,14,16,22H,2-4,6,8-9,11-12H2,1H3. The monoisotopic (exact) mass is 331 g/mol. The van der Waals surface area contributed by atoms with Crippen molar-refractivity contribution in [1.29, 1.82) is 0 Å². The fourth-order valence-electron chi connectivity index (χ4n) is 3.65. The van der Waals surface area contributed by atoms with Crippen LogP contribution in [0.3, 0.4) is 0 Å². The third-order valence-electron chi connectivity index (χ3n) is 5.14. The van der Waals surface area contributed by atoms with Crippen LogP contribution in [0.25, 0.3) is 0 Å². The highest BCUT2D eigenvalue weighted by Gasteiger charge is 2.31. The molecule has 2 aliphatic rings. The van der Waals surface area contributed by atoms with Gasteiger partial charge in [0.1, 0.15) is 6.10 Å². The fraction of sp³-hybridized carbons (Fsp3) is 0.611. The molecule has 0 aliphatic carbocycles. The van der Waals surface area contributed by atoms with Gasteiger partial charge < -0.3 is 14.9 Å². The van der Waals surface area contributed by atoms with Gasteiger partial charge in [-0.15, -0.1) is 0 Å². The van der Waals surface area contributed by atoms with Crippen molar-refractivity contribution in [1.82, 2.24) is 14.8 Å². The highest BCUT2D eigenvalue weighted by atomic mass is 16.3. The molecular formula is C18H25N3O3. The van der Waals surface area contributed by atoms with E-state index < -0.39 is 6.10 Å². The Hall–Kier alpha value is -1.95. The van der Waals surface area contributed by atoms with E-state index in [2.05, 4.69) is 11.9 Å². The minimum atomic E-state index is -0.954. The van der Waals surface area contributed by atoms with Gasteiger partial charge in [-0.2, -0.15) is 0 Å². The molecule has 2 saturated heterocycles. The van der Waals surface area contributed by atoms with Crippen LogP contribution in [0.5, 0.6) is 0 Å². The molecule has 1 N–H and O–H groups in total. The average molecular weight is 331 g/mol. The molecule has 2 unspecified atom stereocenters. The largest absolute Gasteiger partial charge is 0.383 e. The quantitative estimate of drug-likeness (QED) is 0.899. The third-order valence-corrected chi connectivity index (χ3v) is 5.14. The first-order valence-electron chi connectivity index (χ1n) is 8.71. The number of nitrogens with zero attached hydrogens (tertiary/aromatic N) is 3. The Morgan fingerprint density at radius 3 is 2.96 bits per heavy atom. The number of rotatable bonds is 3. The van der Waals surface area contributed by atoms with Crippen LogP contribution in [0.1, 0.15) is 42.7 Å². The zero-order valence-electron chi connectivity index (χ0n) is 14.1. The smallest absolute Gasteiger partial charge is 0.251 e. The number of hydrogen-bond donors (Lipinski definition) is 1. The molecule has 130 valence electrons. The van der Waals surface area contributed by atoms with E-state index in [-0.39, 0.29) is 18.4 Å². The normalized spacial score (nSPS) is 25.0. The summed E-state index contributed by atoms with van der Waals surface area (Å²) in [5.41, 5.74) is 2.41. The number of carbonyl (C=O) groups excluding carboxylic acids is 2. The minimum absolute atomic E-state index is 0.0264.